The van der Waals surface area contributed by atoms with Crippen molar-refractivity contribution in [1.82, 2.24) is 4.72 Å². The summed E-state index contributed by atoms with van der Waals surface area (Å²) >= 11 is 0. The molecule has 0 atom stereocenters. The van der Waals surface area contributed by atoms with Crippen molar-refractivity contribution in [3.05, 3.63) is 35.9 Å². The van der Waals surface area contributed by atoms with Gasteiger partial charge in [0, 0.05) is 13.0 Å². The highest BCUT2D eigenvalue weighted by Crippen LogP contribution is 2.26. The molecule has 0 radical (unpaired) electrons. The highest BCUT2D eigenvalue weighted by molar-refractivity contribution is 7.88. The van der Waals surface area contributed by atoms with E-state index < -0.39 is 16.0 Å². The van der Waals surface area contributed by atoms with Crippen molar-refractivity contribution in [1.29, 1.82) is 0 Å². The highest BCUT2D eigenvalue weighted by atomic mass is 32.2. The van der Waals surface area contributed by atoms with Crippen molar-refractivity contribution in [2.24, 2.45) is 5.41 Å². The number of nitrogens with one attached hydrogen (secondary N) is 1. The third-order valence-electron chi connectivity index (χ3n) is 3.34. The molecule has 0 amide bonds. The zero-order valence-electron chi connectivity index (χ0n) is 12.5. The zero-order chi connectivity index (χ0) is 15.9. The van der Waals surface area contributed by atoms with E-state index in [1.807, 2.05) is 19.9 Å². The van der Waals surface area contributed by atoms with Gasteiger partial charge in [0.25, 0.3) is 0 Å². The van der Waals surface area contributed by atoms with Gasteiger partial charge in [0.2, 0.25) is 10.0 Å². The molecule has 21 heavy (non-hydrogen) atoms. The Hall–Kier alpha value is -1.40. The first-order chi connectivity index (χ1) is 9.70. The van der Waals surface area contributed by atoms with E-state index in [9.17, 15) is 13.2 Å². The van der Waals surface area contributed by atoms with Gasteiger partial charge < -0.3 is 5.11 Å². The first-order valence-electron chi connectivity index (χ1n) is 6.93. The van der Waals surface area contributed by atoms with Gasteiger partial charge in [-0.05, 0) is 23.8 Å². The summed E-state index contributed by atoms with van der Waals surface area (Å²) < 4.78 is 26.5. The molecule has 118 valence electrons. The third kappa shape index (κ3) is 7.82. The smallest absolute Gasteiger partial charge is 0.303 e. The molecule has 0 fully saturated rings. The van der Waals surface area contributed by atoms with Crippen molar-refractivity contribution in [3.8, 4) is 0 Å². The predicted molar refractivity (Wildman–Crippen MR) is 82.3 cm³/mol. The number of carboxylic acids is 1. The SMILES string of the molecule is CC(C)(CCNS(=O)(=O)Cc1ccccc1)CCC(=O)O. The second-order valence-electron chi connectivity index (χ2n) is 5.95. The van der Waals surface area contributed by atoms with E-state index in [0.29, 0.717) is 19.4 Å². The van der Waals surface area contributed by atoms with E-state index in [1.165, 1.54) is 0 Å². The summed E-state index contributed by atoms with van der Waals surface area (Å²) in [6.07, 6.45) is 1.24. The van der Waals surface area contributed by atoms with E-state index in [0.717, 1.165) is 5.56 Å². The average Bonchev–Trinajstić information content (AvgIpc) is 2.36. The first-order valence-corrected chi connectivity index (χ1v) is 8.58. The summed E-state index contributed by atoms with van der Waals surface area (Å²) in [5.74, 6) is -0.864. The molecule has 0 aliphatic heterocycles. The molecule has 0 saturated carbocycles. The largest absolute Gasteiger partial charge is 0.481 e. The monoisotopic (exact) mass is 313 g/mol. The molecule has 2 N–H and O–H groups in total. The minimum Gasteiger partial charge on any atom is -0.481 e. The Bertz CT molecular complexity index is 552. The summed E-state index contributed by atoms with van der Waals surface area (Å²) in [4.78, 5) is 10.6. The second kappa shape index (κ2) is 7.56. The molecule has 0 heterocycles. The van der Waals surface area contributed by atoms with Gasteiger partial charge in [0.05, 0.1) is 5.75 Å². The van der Waals surface area contributed by atoms with Crippen molar-refractivity contribution >= 4 is 16.0 Å². The summed E-state index contributed by atoms with van der Waals surface area (Å²) in [5.41, 5.74) is 0.545. The van der Waals surface area contributed by atoms with Gasteiger partial charge >= 0.3 is 5.97 Å². The van der Waals surface area contributed by atoms with Crippen LogP contribution < -0.4 is 4.72 Å². The predicted octanol–water partition coefficient (Wildman–Crippen LogP) is 2.39. The van der Waals surface area contributed by atoms with Crippen molar-refractivity contribution in [2.45, 2.75) is 38.9 Å². The Labute approximate surface area is 126 Å². The van der Waals surface area contributed by atoms with Crippen LogP contribution in [0.1, 0.15) is 38.7 Å². The van der Waals surface area contributed by atoms with Crippen LogP contribution in [-0.2, 0) is 20.6 Å². The molecule has 0 aromatic heterocycles. The summed E-state index contributed by atoms with van der Waals surface area (Å²) in [6, 6.07) is 9.00. The van der Waals surface area contributed by atoms with Crippen LogP contribution in [-0.4, -0.2) is 26.0 Å². The molecule has 0 spiro atoms. The lowest BCUT2D eigenvalue weighted by Gasteiger charge is -2.23. The summed E-state index contributed by atoms with van der Waals surface area (Å²) in [7, 11) is -3.35. The van der Waals surface area contributed by atoms with E-state index >= 15 is 0 Å². The molecule has 1 rings (SSSR count). The second-order valence-corrected chi connectivity index (χ2v) is 7.75. The molecule has 0 unspecified atom stereocenters. The lowest BCUT2D eigenvalue weighted by molar-refractivity contribution is -0.137. The van der Waals surface area contributed by atoms with Crippen LogP contribution >= 0.6 is 0 Å². The maximum absolute atomic E-state index is 11.9. The van der Waals surface area contributed by atoms with Crippen molar-refractivity contribution in [2.75, 3.05) is 6.54 Å². The van der Waals surface area contributed by atoms with Crippen LogP contribution in [0.5, 0.6) is 0 Å². The molecular weight excluding hydrogens is 290 g/mol. The molecule has 5 nitrogen and oxygen atoms in total. The van der Waals surface area contributed by atoms with Crippen molar-refractivity contribution in [3.63, 3.8) is 0 Å². The number of hydrogen-bond donors (Lipinski definition) is 2. The fraction of sp³-hybridized carbons (Fsp3) is 0.533. The number of carbonyl (C=O) groups is 1. The standard InChI is InChI=1S/C15H23NO4S/c1-15(2,9-8-14(17)18)10-11-16-21(19,20)12-13-6-4-3-5-7-13/h3-7,16H,8-12H2,1-2H3,(H,17,18). The van der Waals surface area contributed by atoms with E-state index in [1.54, 1.807) is 24.3 Å². The fourth-order valence-corrected chi connectivity index (χ4v) is 3.11. The van der Waals surface area contributed by atoms with Gasteiger partial charge in [-0.15, -0.1) is 0 Å². The van der Waals surface area contributed by atoms with Gasteiger partial charge in [0.1, 0.15) is 0 Å². The van der Waals surface area contributed by atoms with Crippen LogP contribution in [0.2, 0.25) is 0 Å². The third-order valence-corrected chi connectivity index (χ3v) is 4.70. The molecule has 0 saturated heterocycles. The highest BCUT2D eigenvalue weighted by Gasteiger charge is 2.20. The summed E-state index contributed by atoms with van der Waals surface area (Å²) in [6.45, 7) is 4.21. The number of sulfonamides is 1. The molecule has 0 aliphatic rings. The van der Waals surface area contributed by atoms with Crippen LogP contribution in [0.4, 0.5) is 0 Å². The van der Waals surface area contributed by atoms with Gasteiger partial charge in [-0.25, -0.2) is 13.1 Å². The Morgan fingerprint density at radius 3 is 2.38 bits per heavy atom. The Kier molecular flexibility index (Phi) is 6.36. The van der Waals surface area contributed by atoms with Crippen molar-refractivity contribution < 1.29 is 18.3 Å². The zero-order valence-corrected chi connectivity index (χ0v) is 13.3. The maximum atomic E-state index is 11.9. The average molecular weight is 313 g/mol. The fourth-order valence-electron chi connectivity index (χ4n) is 1.96. The molecule has 1 aromatic carbocycles. The number of carboxylic acid groups (broad SMARTS) is 1. The van der Waals surface area contributed by atoms with E-state index in [2.05, 4.69) is 4.72 Å². The lowest BCUT2D eigenvalue weighted by atomic mass is 9.84. The minimum atomic E-state index is -3.35. The quantitative estimate of drug-likeness (QED) is 0.733. The van der Waals surface area contributed by atoms with Gasteiger partial charge in [0.15, 0.2) is 0 Å². The number of hydrogen-bond acceptors (Lipinski definition) is 3. The Balaban J connectivity index is 2.41. The van der Waals surface area contributed by atoms with Gasteiger partial charge in [-0.3, -0.25) is 4.79 Å². The van der Waals surface area contributed by atoms with Crippen LogP contribution in [0, 0.1) is 5.41 Å². The maximum Gasteiger partial charge on any atom is 0.303 e. The molecule has 1 aromatic rings. The van der Waals surface area contributed by atoms with Crippen LogP contribution in [0.25, 0.3) is 0 Å². The Morgan fingerprint density at radius 1 is 1.19 bits per heavy atom. The number of benzene rings is 1. The molecule has 0 aliphatic carbocycles. The number of rotatable bonds is 9. The first kappa shape index (κ1) is 17.7. The van der Waals surface area contributed by atoms with Gasteiger partial charge in [-0.2, -0.15) is 0 Å². The van der Waals surface area contributed by atoms with E-state index in [-0.39, 0.29) is 17.6 Å². The summed E-state index contributed by atoms with van der Waals surface area (Å²) in [5, 5.41) is 8.68. The van der Waals surface area contributed by atoms with Gasteiger partial charge in [-0.1, -0.05) is 44.2 Å². The number of aliphatic carboxylic acids is 1. The minimum absolute atomic E-state index is 0.0383. The molecule has 6 heteroatoms. The van der Waals surface area contributed by atoms with E-state index in [4.69, 9.17) is 5.11 Å². The van der Waals surface area contributed by atoms with Crippen LogP contribution in [0.15, 0.2) is 30.3 Å². The lowest BCUT2D eigenvalue weighted by Crippen LogP contribution is -2.29. The topological polar surface area (TPSA) is 83.5 Å². The normalized spacial score (nSPS) is 12.3. The van der Waals surface area contributed by atoms with Crippen LogP contribution in [0.3, 0.4) is 0 Å². The molecular formula is C15H23NO4S. The molecule has 0 bridgehead atoms. The Morgan fingerprint density at radius 2 is 1.81 bits per heavy atom.